The zero-order chi connectivity index (χ0) is 14.2. The predicted molar refractivity (Wildman–Crippen MR) is 77.6 cm³/mol. The fraction of sp³-hybridized carbons (Fsp3) is 0.600. The number of ether oxygens (including phenoxy) is 1. The number of hydrogen-bond acceptors (Lipinski definition) is 4. The Labute approximate surface area is 119 Å². The number of fused-ring (bicyclic) bond motifs is 1. The van der Waals surface area contributed by atoms with Crippen LogP contribution >= 0.6 is 0 Å². The molecule has 0 amide bonds. The molecule has 2 saturated heterocycles. The molecule has 2 aliphatic rings. The number of nitrogens with two attached hydrogens (primary N) is 1. The molecule has 0 bridgehead atoms. The molecule has 3 rings (SSSR count). The van der Waals surface area contributed by atoms with Gasteiger partial charge in [-0.15, -0.1) is 0 Å². The van der Waals surface area contributed by atoms with Crippen LogP contribution in [-0.2, 0) is 0 Å². The molecule has 5 heteroatoms. The Morgan fingerprint density at radius 1 is 1.50 bits per heavy atom. The molecular formula is C15H22FN3O. The Balaban J connectivity index is 1.85. The molecule has 0 aromatic heterocycles. The molecule has 2 fully saturated rings. The van der Waals surface area contributed by atoms with Crippen molar-refractivity contribution in [2.75, 3.05) is 32.1 Å². The van der Waals surface area contributed by atoms with Crippen LogP contribution in [0.2, 0.25) is 0 Å². The molecule has 4 nitrogen and oxygen atoms in total. The lowest BCUT2D eigenvalue weighted by molar-refractivity contribution is 0.280. The Hall–Kier alpha value is -1.33. The molecule has 3 N–H and O–H groups in total. The number of methoxy groups -OCH3 is 1. The van der Waals surface area contributed by atoms with Gasteiger partial charge in [0, 0.05) is 30.9 Å². The van der Waals surface area contributed by atoms with Gasteiger partial charge in [0.05, 0.1) is 12.6 Å². The van der Waals surface area contributed by atoms with E-state index in [1.165, 1.54) is 32.6 Å². The van der Waals surface area contributed by atoms with Gasteiger partial charge in [0.25, 0.3) is 0 Å². The topological polar surface area (TPSA) is 50.5 Å². The number of benzene rings is 1. The molecule has 0 aliphatic carbocycles. The highest BCUT2D eigenvalue weighted by Crippen LogP contribution is 2.38. The van der Waals surface area contributed by atoms with E-state index in [9.17, 15) is 4.39 Å². The summed E-state index contributed by atoms with van der Waals surface area (Å²) in [5.74, 6) is -0.0720. The molecule has 1 aromatic rings. The smallest absolute Gasteiger partial charge is 0.165 e. The highest BCUT2D eigenvalue weighted by molar-refractivity contribution is 5.51. The molecule has 20 heavy (non-hydrogen) atoms. The average molecular weight is 279 g/mol. The van der Waals surface area contributed by atoms with Crippen molar-refractivity contribution in [3.05, 3.63) is 24.0 Å². The minimum Gasteiger partial charge on any atom is -0.494 e. The van der Waals surface area contributed by atoms with E-state index < -0.39 is 0 Å². The van der Waals surface area contributed by atoms with Crippen molar-refractivity contribution in [2.45, 2.75) is 30.8 Å². The van der Waals surface area contributed by atoms with Crippen LogP contribution in [0.5, 0.6) is 5.75 Å². The monoisotopic (exact) mass is 279 g/mol. The van der Waals surface area contributed by atoms with Crippen molar-refractivity contribution >= 4 is 5.69 Å². The fourth-order valence-corrected chi connectivity index (χ4v) is 3.69. The average Bonchev–Trinajstić information content (AvgIpc) is 3.05. The van der Waals surface area contributed by atoms with Crippen molar-refractivity contribution in [1.82, 2.24) is 4.90 Å². The predicted octanol–water partition coefficient (Wildman–Crippen LogP) is 1.81. The van der Waals surface area contributed by atoms with Crippen LogP contribution in [-0.4, -0.2) is 43.2 Å². The lowest BCUT2D eigenvalue weighted by Gasteiger charge is -2.36. The van der Waals surface area contributed by atoms with Crippen molar-refractivity contribution in [2.24, 2.45) is 5.73 Å². The lowest BCUT2D eigenvalue weighted by atomic mass is 9.88. The van der Waals surface area contributed by atoms with E-state index in [1.54, 1.807) is 12.1 Å². The largest absolute Gasteiger partial charge is 0.494 e. The summed E-state index contributed by atoms with van der Waals surface area (Å²) in [6.07, 6.45) is 3.46. The van der Waals surface area contributed by atoms with Crippen LogP contribution in [0.1, 0.15) is 19.3 Å². The van der Waals surface area contributed by atoms with Crippen LogP contribution in [0, 0.1) is 5.82 Å². The molecule has 2 heterocycles. The molecule has 1 aromatic carbocycles. The van der Waals surface area contributed by atoms with Crippen molar-refractivity contribution < 1.29 is 9.13 Å². The Bertz CT molecular complexity index is 496. The highest BCUT2D eigenvalue weighted by atomic mass is 19.1. The molecule has 2 atom stereocenters. The molecule has 2 aliphatic heterocycles. The van der Waals surface area contributed by atoms with Crippen LogP contribution < -0.4 is 15.8 Å². The summed E-state index contributed by atoms with van der Waals surface area (Å²) < 4.78 is 18.5. The molecular weight excluding hydrogens is 257 g/mol. The Morgan fingerprint density at radius 3 is 3.10 bits per heavy atom. The van der Waals surface area contributed by atoms with Gasteiger partial charge < -0.3 is 15.8 Å². The summed E-state index contributed by atoms with van der Waals surface area (Å²) in [5, 5.41) is 3.56. The van der Waals surface area contributed by atoms with E-state index in [-0.39, 0.29) is 17.1 Å². The van der Waals surface area contributed by atoms with Gasteiger partial charge >= 0.3 is 0 Å². The number of hydrogen-bond donors (Lipinski definition) is 2. The third-order valence-corrected chi connectivity index (χ3v) is 4.76. The highest BCUT2D eigenvalue weighted by Gasteiger charge is 2.48. The zero-order valence-corrected chi connectivity index (χ0v) is 11.9. The summed E-state index contributed by atoms with van der Waals surface area (Å²) in [6.45, 7) is 2.85. The van der Waals surface area contributed by atoms with Crippen molar-refractivity contribution in [3.8, 4) is 5.75 Å². The minimum atomic E-state index is -0.339. The van der Waals surface area contributed by atoms with Gasteiger partial charge in [0.1, 0.15) is 0 Å². The third kappa shape index (κ3) is 2.15. The fourth-order valence-electron chi connectivity index (χ4n) is 3.69. The Kier molecular flexibility index (Phi) is 3.56. The van der Waals surface area contributed by atoms with Crippen LogP contribution in [0.15, 0.2) is 18.2 Å². The number of anilines is 1. The van der Waals surface area contributed by atoms with Crippen molar-refractivity contribution in [1.29, 1.82) is 0 Å². The Morgan fingerprint density at radius 2 is 2.35 bits per heavy atom. The van der Waals surface area contributed by atoms with Gasteiger partial charge in [0.2, 0.25) is 0 Å². The van der Waals surface area contributed by atoms with E-state index in [4.69, 9.17) is 10.5 Å². The first-order valence-electron chi connectivity index (χ1n) is 7.24. The van der Waals surface area contributed by atoms with Crippen molar-refractivity contribution in [3.63, 3.8) is 0 Å². The van der Waals surface area contributed by atoms with E-state index in [0.29, 0.717) is 12.6 Å². The number of halogens is 1. The summed E-state index contributed by atoms with van der Waals surface area (Å²) in [5.41, 5.74) is 6.86. The number of nitrogens with one attached hydrogen (secondary N) is 1. The first-order valence-corrected chi connectivity index (χ1v) is 7.24. The summed E-state index contributed by atoms with van der Waals surface area (Å²) in [6, 6.07) is 5.40. The maximum absolute atomic E-state index is 13.5. The second kappa shape index (κ2) is 5.22. The number of rotatable bonds is 4. The van der Waals surface area contributed by atoms with Crippen LogP contribution in [0.3, 0.4) is 0 Å². The molecule has 0 spiro atoms. The van der Waals surface area contributed by atoms with Gasteiger partial charge in [-0.3, -0.25) is 4.90 Å². The van der Waals surface area contributed by atoms with Gasteiger partial charge in [-0.2, -0.15) is 0 Å². The summed E-state index contributed by atoms with van der Waals surface area (Å²) in [4.78, 5) is 2.51. The molecule has 2 unspecified atom stereocenters. The second-order valence-corrected chi connectivity index (χ2v) is 5.78. The van der Waals surface area contributed by atoms with Crippen LogP contribution in [0.4, 0.5) is 10.1 Å². The maximum Gasteiger partial charge on any atom is 0.165 e. The van der Waals surface area contributed by atoms with Crippen LogP contribution in [0.25, 0.3) is 0 Å². The standard InChI is InChI=1S/C15H22FN3O/c1-20-13-9-11(4-5-12(13)16)18-15(10-17)6-8-19-7-2-3-14(15)19/h4-5,9,14,18H,2-3,6-8,10,17H2,1H3. The normalized spacial score (nSPS) is 29.4. The molecule has 0 radical (unpaired) electrons. The van der Waals surface area contributed by atoms with Gasteiger partial charge in [-0.25, -0.2) is 4.39 Å². The summed E-state index contributed by atoms with van der Waals surface area (Å²) in [7, 11) is 1.48. The quantitative estimate of drug-likeness (QED) is 0.882. The first-order chi connectivity index (χ1) is 9.68. The van der Waals surface area contributed by atoms with Gasteiger partial charge in [-0.05, 0) is 37.9 Å². The second-order valence-electron chi connectivity index (χ2n) is 5.78. The number of nitrogens with zero attached hydrogens (tertiary/aromatic N) is 1. The lowest BCUT2D eigenvalue weighted by Crippen LogP contribution is -2.53. The zero-order valence-electron chi connectivity index (χ0n) is 11.9. The van der Waals surface area contributed by atoms with E-state index in [0.717, 1.165) is 18.7 Å². The minimum absolute atomic E-state index is 0.0979. The maximum atomic E-state index is 13.5. The van der Waals surface area contributed by atoms with E-state index in [1.807, 2.05) is 0 Å². The first kappa shape index (κ1) is 13.6. The SMILES string of the molecule is COc1cc(NC2(CN)CCN3CCCC32)ccc1F. The van der Waals surface area contributed by atoms with E-state index >= 15 is 0 Å². The summed E-state index contributed by atoms with van der Waals surface area (Å²) >= 11 is 0. The van der Waals surface area contributed by atoms with Gasteiger partial charge in [-0.1, -0.05) is 0 Å². The van der Waals surface area contributed by atoms with Gasteiger partial charge in [0.15, 0.2) is 11.6 Å². The molecule has 0 saturated carbocycles. The molecule has 110 valence electrons. The third-order valence-electron chi connectivity index (χ3n) is 4.76. The van der Waals surface area contributed by atoms with E-state index in [2.05, 4.69) is 10.2 Å².